The SMILES string of the molecule is COCCOCc1ccc(OCCOC)cc1. The van der Waals surface area contributed by atoms with Crippen molar-refractivity contribution in [2.75, 3.05) is 40.6 Å². The molecule has 0 amide bonds. The molecule has 0 saturated carbocycles. The normalized spacial score (nSPS) is 10.5. The smallest absolute Gasteiger partial charge is 0.119 e. The number of rotatable bonds is 9. The van der Waals surface area contributed by atoms with Gasteiger partial charge in [-0.3, -0.25) is 0 Å². The van der Waals surface area contributed by atoms with Gasteiger partial charge < -0.3 is 18.9 Å². The van der Waals surface area contributed by atoms with Gasteiger partial charge in [0.1, 0.15) is 12.4 Å². The third kappa shape index (κ3) is 6.26. The first kappa shape index (κ1) is 14.0. The van der Waals surface area contributed by atoms with Crippen molar-refractivity contribution < 1.29 is 18.9 Å². The van der Waals surface area contributed by atoms with Gasteiger partial charge in [0.25, 0.3) is 0 Å². The van der Waals surface area contributed by atoms with Crippen LogP contribution in [-0.4, -0.2) is 40.6 Å². The van der Waals surface area contributed by atoms with Gasteiger partial charge in [-0.15, -0.1) is 0 Å². The molecule has 0 spiro atoms. The van der Waals surface area contributed by atoms with Crippen molar-refractivity contribution in [3.63, 3.8) is 0 Å². The minimum Gasteiger partial charge on any atom is -0.491 e. The van der Waals surface area contributed by atoms with Crippen LogP contribution in [0.25, 0.3) is 0 Å². The van der Waals surface area contributed by atoms with E-state index >= 15 is 0 Å². The lowest BCUT2D eigenvalue weighted by atomic mass is 10.2. The van der Waals surface area contributed by atoms with E-state index in [9.17, 15) is 0 Å². The van der Waals surface area contributed by atoms with E-state index in [0.29, 0.717) is 33.0 Å². The van der Waals surface area contributed by atoms with Crippen LogP contribution in [0.15, 0.2) is 24.3 Å². The quantitative estimate of drug-likeness (QED) is 0.617. The Morgan fingerprint density at radius 1 is 0.824 bits per heavy atom. The van der Waals surface area contributed by atoms with Crippen molar-refractivity contribution in [1.29, 1.82) is 0 Å². The molecule has 0 saturated heterocycles. The summed E-state index contributed by atoms with van der Waals surface area (Å²) in [5.41, 5.74) is 1.13. The van der Waals surface area contributed by atoms with Crippen LogP contribution in [0.4, 0.5) is 0 Å². The number of hydrogen-bond donors (Lipinski definition) is 0. The fourth-order valence-corrected chi connectivity index (χ4v) is 1.26. The molecule has 96 valence electrons. The summed E-state index contributed by atoms with van der Waals surface area (Å²) in [7, 11) is 3.32. The van der Waals surface area contributed by atoms with Gasteiger partial charge in [0.05, 0.1) is 26.4 Å². The van der Waals surface area contributed by atoms with Crippen LogP contribution in [0.3, 0.4) is 0 Å². The highest BCUT2D eigenvalue weighted by Gasteiger charge is 1.96. The van der Waals surface area contributed by atoms with Crippen LogP contribution in [0.1, 0.15) is 5.56 Å². The molecule has 0 N–H and O–H groups in total. The topological polar surface area (TPSA) is 36.9 Å². The average molecular weight is 240 g/mol. The van der Waals surface area contributed by atoms with Crippen molar-refractivity contribution >= 4 is 0 Å². The second-order valence-corrected chi connectivity index (χ2v) is 3.53. The summed E-state index contributed by atoms with van der Waals surface area (Å²) in [5.74, 6) is 0.850. The minimum absolute atomic E-state index is 0.570. The molecule has 0 bridgehead atoms. The Balaban J connectivity index is 2.24. The fourth-order valence-electron chi connectivity index (χ4n) is 1.26. The van der Waals surface area contributed by atoms with Gasteiger partial charge in [0.2, 0.25) is 0 Å². The van der Waals surface area contributed by atoms with Crippen molar-refractivity contribution in [1.82, 2.24) is 0 Å². The molecule has 1 aromatic rings. The van der Waals surface area contributed by atoms with E-state index in [1.165, 1.54) is 0 Å². The summed E-state index contributed by atoms with van der Waals surface area (Å²) in [5, 5.41) is 0. The van der Waals surface area contributed by atoms with Crippen LogP contribution < -0.4 is 4.74 Å². The number of methoxy groups -OCH3 is 2. The van der Waals surface area contributed by atoms with Crippen molar-refractivity contribution in [2.45, 2.75) is 6.61 Å². The second-order valence-electron chi connectivity index (χ2n) is 3.53. The number of benzene rings is 1. The Labute approximate surface area is 102 Å². The lowest BCUT2D eigenvalue weighted by Gasteiger charge is -2.07. The summed E-state index contributed by atoms with van der Waals surface area (Å²) < 4.78 is 20.7. The Morgan fingerprint density at radius 3 is 2.12 bits per heavy atom. The molecule has 4 nitrogen and oxygen atoms in total. The lowest BCUT2D eigenvalue weighted by molar-refractivity contribution is 0.0616. The first-order chi connectivity index (χ1) is 8.36. The number of hydrogen-bond acceptors (Lipinski definition) is 4. The average Bonchev–Trinajstić information content (AvgIpc) is 2.37. The standard InChI is InChI=1S/C13H20O4/c1-14-7-9-16-11-12-3-5-13(6-4-12)17-10-8-15-2/h3-6H,7-11H2,1-2H3. The zero-order valence-corrected chi connectivity index (χ0v) is 10.5. The Hall–Kier alpha value is -1.10. The molecular weight excluding hydrogens is 220 g/mol. The summed E-state index contributed by atoms with van der Waals surface area (Å²) in [4.78, 5) is 0. The molecule has 17 heavy (non-hydrogen) atoms. The summed E-state index contributed by atoms with van der Waals surface area (Å²) in [6, 6.07) is 7.86. The third-order valence-electron chi connectivity index (χ3n) is 2.18. The van der Waals surface area contributed by atoms with Gasteiger partial charge in [-0.2, -0.15) is 0 Å². The maximum absolute atomic E-state index is 5.46. The van der Waals surface area contributed by atoms with Gasteiger partial charge in [-0.1, -0.05) is 12.1 Å². The van der Waals surface area contributed by atoms with Crippen LogP contribution >= 0.6 is 0 Å². The number of ether oxygens (including phenoxy) is 4. The summed E-state index contributed by atoms with van der Waals surface area (Å²) >= 11 is 0. The van der Waals surface area contributed by atoms with Crippen LogP contribution in [0, 0.1) is 0 Å². The first-order valence-corrected chi connectivity index (χ1v) is 5.64. The minimum atomic E-state index is 0.570. The molecule has 0 aliphatic heterocycles. The Kier molecular flexibility index (Phi) is 7.38. The molecule has 0 fully saturated rings. The predicted octanol–water partition coefficient (Wildman–Crippen LogP) is 1.87. The highest BCUT2D eigenvalue weighted by Crippen LogP contribution is 2.12. The molecule has 0 unspecified atom stereocenters. The van der Waals surface area contributed by atoms with E-state index in [0.717, 1.165) is 11.3 Å². The van der Waals surface area contributed by atoms with Crippen LogP contribution in [-0.2, 0) is 20.8 Å². The molecule has 0 aliphatic rings. The molecule has 1 aromatic carbocycles. The monoisotopic (exact) mass is 240 g/mol. The zero-order valence-electron chi connectivity index (χ0n) is 10.5. The molecular formula is C13H20O4. The van der Waals surface area contributed by atoms with Gasteiger partial charge >= 0.3 is 0 Å². The zero-order chi connectivity index (χ0) is 12.3. The lowest BCUT2D eigenvalue weighted by Crippen LogP contribution is -2.04. The van der Waals surface area contributed by atoms with Gasteiger partial charge in [0, 0.05) is 14.2 Å². The maximum Gasteiger partial charge on any atom is 0.119 e. The molecule has 0 heterocycles. The molecule has 0 radical (unpaired) electrons. The highest BCUT2D eigenvalue weighted by atomic mass is 16.5. The van der Waals surface area contributed by atoms with E-state index in [-0.39, 0.29) is 0 Å². The van der Waals surface area contributed by atoms with E-state index in [4.69, 9.17) is 18.9 Å². The summed E-state index contributed by atoms with van der Waals surface area (Å²) in [6.45, 7) is 3.00. The van der Waals surface area contributed by atoms with Crippen molar-refractivity contribution in [2.24, 2.45) is 0 Å². The molecule has 4 heteroatoms. The fraction of sp³-hybridized carbons (Fsp3) is 0.538. The molecule has 1 rings (SSSR count). The summed E-state index contributed by atoms with van der Waals surface area (Å²) in [6.07, 6.45) is 0. The second kappa shape index (κ2) is 8.98. The van der Waals surface area contributed by atoms with Crippen molar-refractivity contribution in [3.05, 3.63) is 29.8 Å². The van der Waals surface area contributed by atoms with E-state index in [2.05, 4.69) is 0 Å². The van der Waals surface area contributed by atoms with Crippen molar-refractivity contribution in [3.8, 4) is 5.75 Å². The Bertz CT molecular complexity index is 284. The molecule has 0 aromatic heterocycles. The van der Waals surface area contributed by atoms with E-state index in [1.54, 1.807) is 14.2 Å². The highest BCUT2D eigenvalue weighted by molar-refractivity contribution is 5.26. The van der Waals surface area contributed by atoms with Crippen LogP contribution in [0.2, 0.25) is 0 Å². The van der Waals surface area contributed by atoms with E-state index < -0.39 is 0 Å². The molecule has 0 atom stereocenters. The van der Waals surface area contributed by atoms with E-state index in [1.807, 2.05) is 24.3 Å². The predicted molar refractivity (Wildman–Crippen MR) is 65.3 cm³/mol. The third-order valence-corrected chi connectivity index (χ3v) is 2.18. The van der Waals surface area contributed by atoms with Crippen LogP contribution in [0.5, 0.6) is 5.75 Å². The largest absolute Gasteiger partial charge is 0.491 e. The first-order valence-electron chi connectivity index (χ1n) is 5.64. The maximum atomic E-state index is 5.46. The van der Waals surface area contributed by atoms with Gasteiger partial charge in [-0.05, 0) is 17.7 Å². The van der Waals surface area contributed by atoms with Gasteiger partial charge in [-0.25, -0.2) is 0 Å². The van der Waals surface area contributed by atoms with Gasteiger partial charge in [0.15, 0.2) is 0 Å². The molecule has 0 aliphatic carbocycles. The Morgan fingerprint density at radius 2 is 1.47 bits per heavy atom.